The van der Waals surface area contributed by atoms with Crippen LogP contribution in [0.2, 0.25) is 0 Å². The maximum absolute atomic E-state index is 13.5. The summed E-state index contributed by atoms with van der Waals surface area (Å²) >= 11 is 0. The van der Waals surface area contributed by atoms with Crippen LogP contribution in [0.3, 0.4) is 0 Å². The number of fused-ring (bicyclic) bond motifs is 3. The Kier molecular flexibility index (Phi) is 12.3. The van der Waals surface area contributed by atoms with Gasteiger partial charge in [0, 0.05) is 31.1 Å². The highest BCUT2D eigenvalue weighted by molar-refractivity contribution is 6.02. The summed E-state index contributed by atoms with van der Waals surface area (Å²) in [5, 5.41) is 8.53. The first-order valence-corrected chi connectivity index (χ1v) is 15.1. The molecule has 0 aliphatic heterocycles. The lowest BCUT2D eigenvalue weighted by atomic mass is 9.87. The summed E-state index contributed by atoms with van der Waals surface area (Å²) in [5.41, 5.74) is 2.13. The minimum absolute atomic E-state index is 0.119. The topological polar surface area (TPSA) is 137 Å². The molecule has 0 fully saturated rings. The fourth-order valence-electron chi connectivity index (χ4n) is 5.22. The highest BCUT2D eigenvalue weighted by atomic mass is 16.6. The van der Waals surface area contributed by atoms with Gasteiger partial charge >= 0.3 is 26.3 Å². The summed E-state index contributed by atoms with van der Waals surface area (Å²) in [6.07, 6.45) is 0.194. The van der Waals surface area contributed by atoms with Gasteiger partial charge < -0.3 is 34.8 Å². The number of ether oxygens (including phenoxy) is 3. The molecule has 2 aromatic rings. The van der Waals surface area contributed by atoms with E-state index in [4.69, 9.17) is 22.3 Å². The Bertz CT molecular complexity index is 1260. The van der Waals surface area contributed by atoms with Crippen LogP contribution in [0, 0.1) is 0 Å². The Hall–Kier alpha value is -4.22. The number of nitrogens with one attached hydrogen (secondary N) is 3. The smallest absolute Gasteiger partial charge is 0.407 e. The number of benzene rings is 2. The van der Waals surface area contributed by atoms with E-state index >= 15 is 0 Å². The molecule has 2 radical (unpaired) electrons. The minimum Gasteiger partial charge on any atom is -0.560 e. The molecule has 0 spiro atoms. The molecule has 1 aliphatic rings. The molecular formula is C33H45BN4O7. The molecule has 2 aromatic carbocycles. The monoisotopic (exact) mass is 620 g/mol. The minimum atomic E-state index is -0.960. The second-order valence-electron chi connectivity index (χ2n) is 13.0. The quantitative estimate of drug-likeness (QED) is 0.115. The van der Waals surface area contributed by atoms with E-state index in [9.17, 15) is 14.4 Å². The molecular weight excluding hydrogens is 575 g/mol. The van der Waals surface area contributed by atoms with Gasteiger partial charge in [0.2, 0.25) is 0 Å². The predicted molar refractivity (Wildman–Crippen MR) is 173 cm³/mol. The fourth-order valence-corrected chi connectivity index (χ4v) is 5.22. The van der Waals surface area contributed by atoms with E-state index in [-0.39, 0.29) is 45.0 Å². The van der Waals surface area contributed by atoms with Crippen molar-refractivity contribution in [2.45, 2.75) is 83.5 Å². The van der Waals surface area contributed by atoms with Crippen molar-refractivity contribution in [3.63, 3.8) is 0 Å². The normalized spacial score (nSPS) is 13.0. The lowest BCUT2D eigenvalue weighted by Gasteiger charge is -2.35. The summed E-state index contributed by atoms with van der Waals surface area (Å²) in [6.45, 7) is 11.3. The molecule has 0 saturated heterocycles. The van der Waals surface area contributed by atoms with Crippen molar-refractivity contribution < 1.29 is 33.2 Å². The SMILES string of the molecule is [B]OC=NCCC(CCNC(=O)OC(C)(C)C)(CCNC(=O)OC(C)(C)C)NC(=O)OCC1c2ccccc2-c2ccccc21. The van der Waals surface area contributed by atoms with Crippen LogP contribution in [0.5, 0.6) is 0 Å². The zero-order chi connectivity index (χ0) is 33.1. The Morgan fingerprint density at radius 1 is 0.778 bits per heavy atom. The molecule has 0 saturated carbocycles. The van der Waals surface area contributed by atoms with E-state index in [1.54, 1.807) is 41.5 Å². The Morgan fingerprint density at radius 3 is 1.73 bits per heavy atom. The van der Waals surface area contributed by atoms with E-state index in [1.807, 2.05) is 36.4 Å². The number of hydrogen-bond acceptors (Lipinski definition) is 8. The van der Waals surface area contributed by atoms with Gasteiger partial charge in [-0.1, -0.05) is 48.5 Å². The van der Waals surface area contributed by atoms with Crippen LogP contribution in [-0.2, 0) is 18.9 Å². The number of amides is 3. The zero-order valence-electron chi connectivity index (χ0n) is 27.1. The van der Waals surface area contributed by atoms with Crippen LogP contribution in [0.4, 0.5) is 14.4 Å². The summed E-state index contributed by atoms with van der Waals surface area (Å²) in [6, 6.07) is 16.2. The van der Waals surface area contributed by atoms with Crippen LogP contribution in [0.1, 0.15) is 77.8 Å². The number of nitrogens with zero attached hydrogens (tertiary/aromatic N) is 1. The highest BCUT2D eigenvalue weighted by Crippen LogP contribution is 2.44. The number of carbonyl (C=O) groups excluding carboxylic acids is 3. The first-order valence-electron chi connectivity index (χ1n) is 15.1. The molecule has 0 aromatic heterocycles. The Morgan fingerprint density at radius 2 is 1.27 bits per heavy atom. The first-order chi connectivity index (χ1) is 21.2. The highest BCUT2D eigenvalue weighted by Gasteiger charge is 2.34. The maximum atomic E-state index is 13.5. The molecule has 0 bridgehead atoms. The summed E-state index contributed by atoms with van der Waals surface area (Å²) in [5.74, 6) is -0.119. The van der Waals surface area contributed by atoms with Crippen LogP contribution in [0.25, 0.3) is 11.1 Å². The molecule has 3 rings (SSSR count). The van der Waals surface area contributed by atoms with Crippen LogP contribution < -0.4 is 16.0 Å². The van der Waals surface area contributed by atoms with Crippen molar-refractivity contribution in [2.24, 2.45) is 4.99 Å². The molecule has 11 nitrogen and oxygen atoms in total. The third-order valence-electron chi connectivity index (χ3n) is 7.11. The van der Waals surface area contributed by atoms with Gasteiger partial charge in [0.15, 0.2) is 0 Å². The van der Waals surface area contributed by atoms with Crippen molar-refractivity contribution >= 4 is 32.7 Å². The lowest BCUT2D eigenvalue weighted by Crippen LogP contribution is -2.53. The molecule has 3 amide bonds. The first kappa shape index (κ1) is 35.3. The van der Waals surface area contributed by atoms with Crippen LogP contribution in [0.15, 0.2) is 53.5 Å². The largest absolute Gasteiger partial charge is 0.560 e. The molecule has 1 aliphatic carbocycles. The number of aliphatic imine (C=N–C) groups is 1. The number of rotatable bonds is 13. The van der Waals surface area contributed by atoms with Gasteiger partial charge in [-0.05, 0) is 83.1 Å². The van der Waals surface area contributed by atoms with E-state index in [2.05, 4.69) is 37.7 Å². The van der Waals surface area contributed by atoms with Crippen LogP contribution in [-0.4, -0.2) is 75.7 Å². The van der Waals surface area contributed by atoms with Crippen LogP contribution >= 0.6 is 0 Å². The van der Waals surface area contributed by atoms with Gasteiger partial charge in [0.25, 0.3) is 0 Å². The van der Waals surface area contributed by atoms with Crippen molar-refractivity contribution in [1.29, 1.82) is 0 Å². The molecule has 3 N–H and O–H groups in total. The predicted octanol–water partition coefficient (Wildman–Crippen LogP) is 5.61. The second kappa shape index (κ2) is 15.7. The molecule has 0 atom stereocenters. The van der Waals surface area contributed by atoms with Gasteiger partial charge in [-0.2, -0.15) is 0 Å². The van der Waals surface area contributed by atoms with Gasteiger partial charge in [0.05, 0.1) is 0 Å². The molecule has 242 valence electrons. The average Bonchev–Trinajstić information content (AvgIpc) is 3.26. The van der Waals surface area contributed by atoms with Crippen molar-refractivity contribution in [2.75, 3.05) is 26.2 Å². The molecule has 12 heteroatoms. The number of carbonyl (C=O) groups is 3. The van der Waals surface area contributed by atoms with Crippen molar-refractivity contribution in [3.05, 3.63) is 59.7 Å². The third-order valence-corrected chi connectivity index (χ3v) is 7.11. The van der Waals surface area contributed by atoms with Crippen molar-refractivity contribution in [1.82, 2.24) is 16.0 Å². The van der Waals surface area contributed by atoms with Gasteiger partial charge in [-0.15, -0.1) is 0 Å². The molecule has 45 heavy (non-hydrogen) atoms. The number of hydrogen-bond donors (Lipinski definition) is 3. The van der Waals surface area contributed by atoms with Gasteiger partial charge in [-0.25, -0.2) is 14.4 Å². The second-order valence-corrected chi connectivity index (χ2v) is 13.0. The third kappa shape index (κ3) is 11.3. The summed E-state index contributed by atoms with van der Waals surface area (Å²) < 4.78 is 21.0. The zero-order valence-corrected chi connectivity index (χ0v) is 27.1. The lowest BCUT2D eigenvalue weighted by molar-refractivity contribution is 0.0519. The average molecular weight is 621 g/mol. The molecule has 0 heterocycles. The van der Waals surface area contributed by atoms with E-state index in [0.717, 1.165) is 28.7 Å². The van der Waals surface area contributed by atoms with Gasteiger partial charge in [-0.3, -0.25) is 4.99 Å². The maximum Gasteiger partial charge on any atom is 0.407 e. The van der Waals surface area contributed by atoms with Gasteiger partial charge in [0.1, 0.15) is 24.2 Å². The Balaban J connectivity index is 1.77. The van der Waals surface area contributed by atoms with E-state index in [0.29, 0.717) is 6.42 Å². The Labute approximate surface area is 267 Å². The van der Waals surface area contributed by atoms with E-state index < -0.39 is 35.0 Å². The fraction of sp³-hybridized carbons (Fsp3) is 0.515. The summed E-state index contributed by atoms with van der Waals surface area (Å²) in [7, 11) is 5.09. The summed E-state index contributed by atoms with van der Waals surface area (Å²) in [4.78, 5) is 42.4. The number of alkyl carbamates (subject to hydrolysis) is 3. The van der Waals surface area contributed by atoms with E-state index in [1.165, 1.54) is 0 Å². The standard InChI is InChI=1S/C33H45BN4O7/c1-31(2,3)44-28(39)36-19-16-33(15-18-35-22-43-34,17-20-37-29(40)45-32(4,5)6)38-30(41)42-21-27-25-13-9-7-11-23(25)24-12-8-10-14-26(24)27/h7-14,22,27H,15-21H2,1-6H3,(H,36,39)(H,37,40)(H,38,41). The van der Waals surface area contributed by atoms with Crippen molar-refractivity contribution in [3.8, 4) is 11.1 Å². The molecule has 0 unspecified atom stereocenters.